The van der Waals surface area contributed by atoms with Gasteiger partial charge < -0.3 is 13.4 Å². The highest BCUT2D eigenvalue weighted by Gasteiger charge is 2.21. The fraction of sp³-hybridized carbons (Fsp3) is 0.368. The molecule has 138 valence electrons. The average Bonchev–Trinajstić information content (AvgIpc) is 3.27. The number of nitrogens with zero attached hydrogens (tertiary/aromatic N) is 2. The predicted molar refractivity (Wildman–Crippen MR) is 95.4 cm³/mol. The largest absolute Gasteiger partial charge is 0.468 e. The Bertz CT molecular complexity index is 777. The maximum atomic E-state index is 12.4. The van der Waals surface area contributed by atoms with Crippen LogP contribution in [0.15, 0.2) is 56.2 Å². The number of nitrogens with one attached hydrogen (secondary N) is 1. The van der Waals surface area contributed by atoms with Crippen LogP contribution in [-0.4, -0.2) is 22.5 Å². The van der Waals surface area contributed by atoms with Crippen LogP contribution >= 0.6 is 0 Å². The molecule has 0 spiro atoms. The normalized spacial score (nSPS) is 11.8. The minimum atomic E-state index is -0.195. The molecule has 3 heterocycles. The number of carbonyl (C=O) groups excluding carboxylic acids is 1. The number of aromatic nitrogens is 1. The molecular formula is C19H23N3O4. The Hall–Kier alpha value is -2.80. The summed E-state index contributed by atoms with van der Waals surface area (Å²) in [7, 11) is 0. The molecule has 0 saturated heterocycles. The second kappa shape index (κ2) is 7.61. The summed E-state index contributed by atoms with van der Waals surface area (Å²) in [5, 5.41) is 6.76. The zero-order valence-corrected chi connectivity index (χ0v) is 15.2. The molecule has 0 aliphatic heterocycles. The van der Waals surface area contributed by atoms with E-state index in [0.717, 1.165) is 17.2 Å². The second-order valence-electron chi connectivity index (χ2n) is 7.18. The summed E-state index contributed by atoms with van der Waals surface area (Å²) >= 11 is 0. The minimum Gasteiger partial charge on any atom is -0.468 e. The molecule has 3 rings (SSSR count). The van der Waals surface area contributed by atoms with Crippen molar-refractivity contribution in [2.45, 2.75) is 39.3 Å². The Kier molecular flexibility index (Phi) is 5.27. The van der Waals surface area contributed by atoms with Crippen LogP contribution in [0.5, 0.6) is 0 Å². The van der Waals surface area contributed by atoms with E-state index in [1.54, 1.807) is 18.6 Å². The summed E-state index contributed by atoms with van der Waals surface area (Å²) in [6.45, 7) is 7.24. The molecule has 1 N–H and O–H groups in total. The van der Waals surface area contributed by atoms with E-state index in [1.165, 1.54) is 0 Å². The molecule has 7 nitrogen and oxygen atoms in total. The molecule has 0 aliphatic rings. The molecule has 0 atom stereocenters. The second-order valence-corrected chi connectivity index (χ2v) is 7.18. The first kappa shape index (κ1) is 18.0. The lowest BCUT2D eigenvalue weighted by Gasteiger charge is -2.19. The highest BCUT2D eigenvalue weighted by atomic mass is 16.5. The predicted octanol–water partition coefficient (Wildman–Crippen LogP) is 3.80. The first-order chi connectivity index (χ1) is 12.4. The average molecular weight is 357 g/mol. The van der Waals surface area contributed by atoms with E-state index in [2.05, 4.69) is 10.5 Å². The van der Waals surface area contributed by atoms with Crippen molar-refractivity contribution in [3.8, 4) is 0 Å². The van der Waals surface area contributed by atoms with E-state index in [4.69, 9.17) is 13.4 Å². The zero-order chi connectivity index (χ0) is 18.6. The van der Waals surface area contributed by atoms with Crippen molar-refractivity contribution in [3.05, 3.63) is 60.1 Å². The lowest BCUT2D eigenvalue weighted by molar-refractivity contribution is -0.117. The highest BCUT2D eigenvalue weighted by molar-refractivity contribution is 5.90. The summed E-state index contributed by atoms with van der Waals surface area (Å²) in [6.07, 6.45) is 3.23. The molecule has 0 bridgehead atoms. The monoisotopic (exact) mass is 357 g/mol. The Balaban J connectivity index is 1.63. The van der Waals surface area contributed by atoms with Gasteiger partial charge in [-0.05, 0) is 24.3 Å². The number of amides is 1. The fourth-order valence-electron chi connectivity index (χ4n) is 2.48. The molecule has 26 heavy (non-hydrogen) atoms. The van der Waals surface area contributed by atoms with Crippen LogP contribution in [0.1, 0.15) is 38.0 Å². The summed E-state index contributed by atoms with van der Waals surface area (Å²) in [4.78, 5) is 14.4. The van der Waals surface area contributed by atoms with Crippen molar-refractivity contribution < 1.29 is 18.2 Å². The number of hydrogen-bond acceptors (Lipinski definition) is 6. The molecular weight excluding hydrogens is 334 g/mol. The van der Waals surface area contributed by atoms with Gasteiger partial charge in [0.15, 0.2) is 0 Å². The van der Waals surface area contributed by atoms with Crippen molar-refractivity contribution >= 4 is 11.8 Å². The third-order valence-corrected chi connectivity index (χ3v) is 3.83. The van der Waals surface area contributed by atoms with Crippen molar-refractivity contribution in [1.82, 2.24) is 10.1 Å². The molecule has 0 fully saturated rings. The third kappa shape index (κ3) is 4.86. The van der Waals surface area contributed by atoms with Gasteiger partial charge in [0.1, 0.15) is 11.5 Å². The number of rotatable bonds is 7. The first-order valence-electron chi connectivity index (χ1n) is 8.44. The van der Waals surface area contributed by atoms with Gasteiger partial charge in [-0.25, -0.2) is 0 Å². The molecule has 0 radical (unpaired) electrons. The lowest BCUT2D eigenvalue weighted by atomic mass is 9.92. The van der Waals surface area contributed by atoms with E-state index in [1.807, 2.05) is 49.9 Å². The van der Waals surface area contributed by atoms with Crippen LogP contribution < -0.4 is 5.32 Å². The molecule has 3 aromatic heterocycles. The third-order valence-electron chi connectivity index (χ3n) is 3.83. The van der Waals surface area contributed by atoms with E-state index in [-0.39, 0.29) is 17.9 Å². The van der Waals surface area contributed by atoms with E-state index in [9.17, 15) is 4.79 Å². The molecule has 0 aromatic carbocycles. The standard InChI is InChI=1S/C19H23N3O4/c1-19(2,3)16-10-18(26-21-16)20-17(23)13-22(11-14-6-4-8-24-14)12-15-7-5-9-25-15/h4-10H,11-13H2,1-3H3,(H,20,23). The molecule has 0 aliphatic carbocycles. The van der Waals surface area contributed by atoms with Crippen molar-refractivity contribution in [2.75, 3.05) is 11.9 Å². The minimum absolute atomic E-state index is 0.142. The Labute approximate surface area is 151 Å². The summed E-state index contributed by atoms with van der Waals surface area (Å²) in [5.41, 5.74) is 0.646. The summed E-state index contributed by atoms with van der Waals surface area (Å²) in [6, 6.07) is 9.14. The first-order valence-corrected chi connectivity index (χ1v) is 8.44. The summed E-state index contributed by atoms with van der Waals surface area (Å²) in [5.74, 6) is 1.70. The topological polar surface area (TPSA) is 84.7 Å². The van der Waals surface area contributed by atoms with Gasteiger partial charge in [0.05, 0.1) is 37.9 Å². The quantitative estimate of drug-likeness (QED) is 0.692. The van der Waals surface area contributed by atoms with Crippen LogP contribution in [0.25, 0.3) is 0 Å². The van der Waals surface area contributed by atoms with Gasteiger partial charge in [-0.15, -0.1) is 0 Å². The molecule has 0 saturated carbocycles. The fourth-order valence-corrected chi connectivity index (χ4v) is 2.48. The molecule has 7 heteroatoms. The van der Waals surface area contributed by atoms with Crippen LogP contribution in [0, 0.1) is 0 Å². The Morgan fingerprint density at radius 1 is 1.12 bits per heavy atom. The number of anilines is 1. The van der Waals surface area contributed by atoms with Crippen LogP contribution in [0.3, 0.4) is 0 Å². The maximum Gasteiger partial charge on any atom is 0.240 e. The maximum absolute atomic E-state index is 12.4. The number of hydrogen-bond donors (Lipinski definition) is 1. The van der Waals surface area contributed by atoms with Gasteiger partial charge in [-0.3, -0.25) is 15.0 Å². The van der Waals surface area contributed by atoms with Gasteiger partial charge in [0.25, 0.3) is 0 Å². The smallest absolute Gasteiger partial charge is 0.240 e. The van der Waals surface area contributed by atoms with Crippen LogP contribution in [0.2, 0.25) is 0 Å². The van der Waals surface area contributed by atoms with Gasteiger partial charge in [-0.1, -0.05) is 25.9 Å². The van der Waals surface area contributed by atoms with E-state index >= 15 is 0 Å². The van der Waals surface area contributed by atoms with Crippen molar-refractivity contribution in [1.29, 1.82) is 0 Å². The summed E-state index contributed by atoms with van der Waals surface area (Å²) < 4.78 is 16.0. The van der Waals surface area contributed by atoms with Crippen LogP contribution in [-0.2, 0) is 23.3 Å². The Morgan fingerprint density at radius 3 is 2.19 bits per heavy atom. The number of carbonyl (C=O) groups is 1. The van der Waals surface area contributed by atoms with Gasteiger partial charge >= 0.3 is 0 Å². The SMILES string of the molecule is CC(C)(C)c1cc(NC(=O)CN(Cc2ccco2)Cc2ccco2)on1. The van der Waals surface area contributed by atoms with E-state index < -0.39 is 0 Å². The lowest BCUT2D eigenvalue weighted by Crippen LogP contribution is -2.32. The molecule has 0 unspecified atom stereocenters. The zero-order valence-electron chi connectivity index (χ0n) is 15.2. The Morgan fingerprint density at radius 2 is 1.73 bits per heavy atom. The highest BCUT2D eigenvalue weighted by Crippen LogP contribution is 2.23. The van der Waals surface area contributed by atoms with Crippen LogP contribution in [0.4, 0.5) is 5.88 Å². The van der Waals surface area contributed by atoms with E-state index in [0.29, 0.717) is 19.0 Å². The molecule has 3 aromatic rings. The van der Waals surface area contributed by atoms with Gasteiger partial charge in [-0.2, -0.15) is 0 Å². The van der Waals surface area contributed by atoms with Gasteiger partial charge in [0, 0.05) is 11.5 Å². The van der Waals surface area contributed by atoms with Crippen molar-refractivity contribution in [2.24, 2.45) is 0 Å². The van der Waals surface area contributed by atoms with Crippen molar-refractivity contribution in [3.63, 3.8) is 0 Å². The van der Waals surface area contributed by atoms with Gasteiger partial charge in [0.2, 0.25) is 11.8 Å². The number of furan rings is 2. The molecule has 1 amide bonds.